The molecule has 138 valence electrons. The first-order valence-corrected chi connectivity index (χ1v) is 9.16. The van der Waals surface area contributed by atoms with E-state index in [0.717, 1.165) is 34.8 Å². The highest BCUT2D eigenvalue weighted by Crippen LogP contribution is 2.33. The number of rotatable bonds is 6. The molecule has 3 rings (SSSR count). The van der Waals surface area contributed by atoms with E-state index in [-0.39, 0.29) is 0 Å². The number of imidazole rings is 1. The maximum Gasteiger partial charge on any atom is 0.0964 e. The van der Waals surface area contributed by atoms with E-state index in [1.807, 2.05) is 30.3 Å². The van der Waals surface area contributed by atoms with Gasteiger partial charge in [-0.3, -0.25) is 4.68 Å². The summed E-state index contributed by atoms with van der Waals surface area (Å²) in [6.45, 7) is 7.55. The first-order valence-electron chi connectivity index (χ1n) is 9.16. The first kappa shape index (κ1) is 18.4. The van der Waals surface area contributed by atoms with E-state index < -0.39 is 0 Å². The summed E-state index contributed by atoms with van der Waals surface area (Å²) < 4.78 is 4.21. The van der Waals surface area contributed by atoms with Crippen molar-refractivity contribution in [3.05, 3.63) is 48.5 Å². The Morgan fingerprint density at radius 1 is 1.12 bits per heavy atom. The predicted molar refractivity (Wildman–Crippen MR) is 107 cm³/mol. The maximum atomic E-state index is 4.79. The molecule has 0 saturated carbocycles. The van der Waals surface area contributed by atoms with Gasteiger partial charge in [-0.1, -0.05) is 44.2 Å². The molecule has 0 amide bonds. The van der Waals surface area contributed by atoms with E-state index in [1.165, 1.54) is 0 Å². The van der Waals surface area contributed by atoms with Crippen molar-refractivity contribution in [2.45, 2.75) is 33.4 Å². The van der Waals surface area contributed by atoms with E-state index in [1.54, 1.807) is 0 Å². The summed E-state index contributed by atoms with van der Waals surface area (Å²) in [6.07, 6.45) is 3.93. The zero-order chi connectivity index (χ0) is 18.8. The quantitative estimate of drug-likeness (QED) is 0.677. The van der Waals surface area contributed by atoms with Gasteiger partial charge in [-0.2, -0.15) is 5.10 Å². The minimum Gasteiger partial charge on any atom is -0.328 e. The van der Waals surface area contributed by atoms with Gasteiger partial charge in [0.1, 0.15) is 0 Å². The second-order valence-electron chi connectivity index (χ2n) is 7.50. The second-order valence-corrected chi connectivity index (χ2v) is 7.50. The molecular weight excluding hydrogens is 322 g/mol. The summed E-state index contributed by atoms with van der Waals surface area (Å²) in [5.41, 5.74) is 5.59. The van der Waals surface area contributed by atoms with Gasteiger partial charge in [-0.25, -0.2) is 4.98 Å². The van der Waals surface area contributed by atoms with Crippen molar-refractivity contribution >= 4 is 0 Å². The van der Waals surface area contributed by atoms with Crippen LogP contribution in [-0.2, 0) is 13.6 Å². The number of aryl methyl sites for hydroxylation is 1. The Morgan fingerprint density at radius 2 is 1.81 bits per heavy atom. The Bertz CT molecular complexity index is 850. The Hall–Kier alpha value is -2.40. The van der Waals surface area contributed by atoms with Crippen LogP contribution in [0.3, 0.4) is 0 Å². The van der Waals surface area contributed by atoms with Gasteiger partial charge in [0, 0.05) is 36.5 Å². The molecule has 0 radical (unpaired) electrons. The molecule has 0 aliphatic heterocycles. The van der Waals surface area contributed by atoms with Crippen molar-refractivity contribution in [3.8, 4) is 22.5 Å². The fourth-order valence-electron chi connectivity index (χ4n) is 3.51. The van der Waals surface area contributed by atoms with Crippen LogP contribution in [0.2, 0.25) is 0 Å². The van der Waals surface area contributed by atoms with Gasteiger partial charge in [0.05, 0.1) is 23.9 Å². The maximum absolute atomic E-state index is 4.79. The van der Waals surface area contributed by atoms with Gasteiger partial charge < -0.3 is 9.47 Å². The van der Waals surface area contributed by atoms with Gasteiger partial charge in [0.25, 0.3) is 0 Å². The molecule has 0 bridgehead atoms. The van der Waals surface area contributed by atoms with Crippen LogP contribution < -0.4 is 0 Å². The molecular formula is C21H29N5. The van der Waals surface area contributed by atoms with Gasteiger partial charge in [-0.15, -0.1) is 0 Å². The summed E-state index contributed by atoms with van der Waals surface area (Å²) in [4.78, 5) is 7.09. The van der Waals surface area contributed by atoms with Crippen molar-refractivity contribution in [1.29, 1.82) is 0 Å². The topological polar surface area (TPSA) is 38.9 Å². The van der Waals surface area contributed by atoms with Crippen molar-refractivity contribution < 1.29 is 0 Å². The molecule has 0 aliphatic rings. The lowest BCUT2D eigenvalue weighted by Crippen LogP contribution is -2.36. The number of hydrogen-bond donors (Lipinski definition) is 0. The molecule has 0 fully saturated rings. The smallest absolute Gasteiger partial charge is 0.0964 e. The standard InChI is InChI=1S/C21H29N5/c1-15(2)19(24(4)5)13-26-14-22-20(17-10-8-7-9-11-17)21(26)18-12-23-25(6)16(18)3/h7-12,14-15,19H,13H2,1-6H3. The molecule has 0 aliphatic carbocycles. The lowest BCUT2D eigenvalue weighted by atomic mass is 10.0. The normalized spacial score (nSPS) is 12.9. The fraction of sp³-hybridized carbons (Fsp3) is 0.429. The van der Waals surface area contributed by atoms with Gasteiger partial charge in [0.2, 0.25) is 0 Å². The molecule has 2 heterocycles. The van der Waals surface area contributed by atoms with Crippen LogP contribution in [0.4, 0.5) is 0 Å². The van der Waals surface area contributed by atoms with E-state index >= 15 is 0 Å². The van der Waals surface area contributed by atoms with E-state index in [9.17, 15) is 0 Å². The van der Waals surface area contributed by atoms with E-state index in [0.29, 0.717) is 12.0 Å². The minimum atomic E-state index is 0.434. The second kappa shape index (κ2) is 7.46. The third-order valence-corrected chi connectivity index (χ3v) is 5.19. The Kier molecular flexibility index (Phi) is 5.28. The lowest BCUT2D eigenvalue weighted by Gasteiger charge is -2.29. The summed E-state index contributed by atoms with van der Waals surface area (Å²) in [5, 5.41) is 4.46. The van der Waals surface area contributed by atoms with Crippen molar-refractivity contribution in [2.24, 2.45) is 13.0 Å². The highest BCUT2D eigenvalue weighted by Gasteiger charge is 2.23. The average Bonchev–Trinajstić information content (AvgIpc) is 3.16. The third-order valence-electron chi connectivity index (χ3n) is 5.19. The molecule has 5 heteroatoms. The number of aromatic nitrogens is 4. The zero-order valence-electron chi connectivity index (χ0n) is 16.6. The van der Waals surface area contributed by atoms with Crippen molar-refractivity contribution in [1.82, 2.24) is 24.2 Å². The molecule has 0 N–H and O–H groups in total. The first-order chi connectivity index (χ1) is 12.4. The Labute approximate surface area is 156 Å². The molecule has 1 aromatic carbocycles. The van der Waals surface area contributed by atoms with E-state index in [4.69, 9.17) is 4.98 Å². The number of nitrogens with zero attached hydrogens (tertiary/aromatic N) is 5. The molecule has 0 saturated heterocycles. The Balaban J connectivity index is 2.14. The third kappa shape index (κ3) is 3.44. The largest absolute Gasteiger partial charge is 0.328 e. The van der Waals surface area contributed by atoms with Crippen LogP contribution in [0.5, 0.6) is 0 Å². The molecule has 1 unspecified atom stereocenters. The summed E-state index contributed by atoms with van der Waals surface area (Å²) >= 11 is 0. The predicted octanol–water partition coefficient (Wildman–Crippen LogP) is 3.85. The summed E-state index contributed by atoms with van der Waals surface area (Å²) in [7, 11) is 6.28. The highest BCUT2D eigenvalue weighted by molar-refractivity contribution is 5.79. The number of benzene rings is 1. The number of likely N-dealkylation sites (N-methyl/N-ethyl adjacent to an activating group) is 1. The number of hydrogen-bond acceptors (Lipinski definition) is 3. The van der Waals surface area contributed by atoms with Crippen LogP contribution in [0, 0.1) is 12.8 Å². The van der Waals surface area contributed by atoms with Crippen LogP contribution in [0.1, 0.15) is 19.5 Å². The molecule has 1 atom stereocenters. The Morgan fingerprint density at radius 3 is 2.35 bits per heavy atom. The SMILES string of the molecule is Cc1c(-c2c(-c3ccccc3)ncn2CC(C(C)C)N(C)C)cnn1C. The van der Waals surface area contributed by atoms with Crippen LogP contribution in [0.25, 0.3) is 22.5 Å². The van der Waals surface area contributed by atoms with Gasteiger partial charge >= 0.3 is 0 Å². The van der Waals surface area contributed by atoms with E-state index in [2.05, 4.69) is 73.7 Å². The minimum absolute atomic E-state index is 0.434. The van der Waals surface area contributed by atoms with Crippen LogP contribution in [0.15, 0.2) is 42.9 Å². The molecule has 26 heavy (non-hydrogen) atoms. The highest BCUT2D eigenvalue weighted by atomic mass is 15.3. The van der Waals surface area contributed by atoms with Gasteiger partial charge in [-0.05, 0) is 26.9 Å². The lowest BCUT2D eigenvalue weighted by molar-refractivity contribution is 0.207. The van der Waals surface area contributed by atoms with Crippen molar-refractivity contribution in [3.63, 3.8) is 0 Å². The van der Waals surface area contributed by atoms with Gasteiger partial charge in [0.15, 0.2) is 0 Å². The zero-order valence-corrected chi connectivity index (χ0v) is 16.6. The molecule has 2 aromatic heterocycles. The molecule has 0 spiro atoms. The van der Waals surface area contributed by atoms with Crippen LogP contribution >= 0.6 is 0 Å². The van der Waals surface area contributed by atoms with Crippen molar-refractivity contribution in [2.75, 3.05) is 14.1 Å². The summed E-state index contributed by atoms with van der Waals surface area (Å²) in [6, 6.07) is 10.8. The fourth-order valence-corrected chi connectivity index (χ4v) is 3.51. The monoisotopic (exact) mass is 351 g/mol. The molecule has 5 nitrogen and oxygen atoms in total. The van der Waals surface area contributed by atoms with Crippen LogP contribution in [-0.4, -0.2) is 44.4 Å². The summed E-state index contributed by atoms with van der Waals surface area (Å²) in [5.74, 6) is 0.551. The average molecular weight is 351 g/mol. The molecule has 3 aromatic rings.